The molecule has 3 rings (SSSR count). The van der Waals surface area contributed by atoms with Crippen molar-refractivity contribution in [1.29, 1.82) is 0 Å². The van der Waals surface area contributed by atoms with Crippen LogP contribution in [-0.4, -0.2) is 12.1 Å². The van der Waals surface area contributed by atoms with Gasteiger partial charge in [-0.05, 0) is 30.3 Å². The lowest BCUT2D eigenvalue weighted by atomic mass is 10.1. The fourth-order valence-corrected chi connectivity index (χ4v) is 2.36. The van der Waals surface area contributed by atoms with Gasteiger partial charge in [0.15, 0.2) is 0 Å². The van der Waals surface area contributed by atoms with Gasteiger partial charge in [-0.1, -0.05) is 18.2 Å². The van der Waals surface area contributed by atoms with E-state index in [1.54, 1.807) is 13.3 Å². The number of nitrogens with one attached hydrogen (secondary N) is 1. The van der Waals surface area contributed by atoms with Crippen molar-refractivity contribution < 1.29 is 4.74 Å². The molecule has 0 fully saturated rings. The molecular weight excluding hydrogens is 262 g/mol. The van der Waals surface area contributed by atoms with Gasteiger partial charge in [0.1, 0.15) is 5.75 Å². The van der Waals surface area contributed by atoms with Gasteiger partial charge in [-0.15, -0.1) is 0 Å². The van der Waals surface area contributed by atoms with Gasteiger partial charge in [0, 0.05) is 35.1 Å². The van der Waals surface area contributed by atoms with E-state index < -0.39 is 0 Å². The number of nitrogens with zero attached hydrogens (tertiary/aromatic N) is 1. The fraction of sp³-hybridized carbons (Fsp3) is 0.118. The second kappa shape index (κ2) is 5.71. The summed E-state index contributed by atoms with van der Waals surface area (Å²) in [5.41, 5.74) is 9.55. The highest BCUT2D eigenvalue weighted by molar-refractivity contribution is 5.92. The zero-order valence-electron chi connectivity index (χ0n) is 11.8. The van der Waals surface area contributed by atoms with Crippen molar-refractivity contribution in [2.24, 2.45) is 0 Å². The Labute approximate surface area is 123 Å². The molecule has 4 heteroatoms. The summed E-state index contributed by atoms with van der Waals surface area (Å²) in [5.74, 6) is 0.882. The summed E-state index contributed by atoms with van der Waals surface area (Å²) in [5, 5.41) is 4.49. The van der Waals surface area contributed by atoms with E-state index in [9.17, 15) is 0 Å². The van der Waals surface area contributed by atoms with Crippen LogP contribution in [0.15, 0.2) is 54.7 Å². The second-order valence-electron chi connectivity index (χ2n) is 4.80. The van der Waals surface area contributed by atoms with Crippen molar-refractivity contribution >= 4 is 22.3 Å². The van der Waals surface area contributed by atoms with Crippen LogP contribution in [0.25, 0.3) is 10.9 Å². The molecule has 0 aliphatic rings. The molecule has 21 heavy (non-hydrogen) atoms. The molecule has 1 aromatic heterocycles. The van der Waals surface area contributed by atoms with Gasteiger partial charge in [0.25, 0.3) is 0 Å². The van der Waals surface area contributed by atoms with E-state index >= 15 is 0 Å². The monoisotopic (exact) mass is 279 g/mol. The number of pyridine rings is 1. The zero-order chi connectivity index (χ0) is 14.7. The Hall–Kier alpha value is -2.75. The number of hydrogen-bond acceptors (Lipinski definition) is 4. The number of anilines is 2. The van der Waals surface area contributed by atoms with Crippen LogP contribution in [0, 0.1) is 0 Å². The van der Waals surface area contributed by atoms with E-state index in [4.69, 9.17) is 10.5 Å². The van der Waals surface area contributed by atoms with Crippen molar-refractivity contribution in [3.05, 3.63) is 60.3 Å². The fourth-order valence-electron chi connectivity index (χ4n) is 2.36. The van der Waals surface area contributed by atoms with Crippen molar-refractivity contribution in [3.8, 4) is 5.75 Å². The second-order valence-corrected chi connectivity index (χ2v) is 4.80. The number of nitrogens with two attached hydrogens (primary N) is 1. The first-order chi connectivity index (χ1) is 10.3. The number of nitrogen functional groups attached to an aromatic ring is 1. The molecule has 3 N–H and O–H groups in total. The molecule has 3 aromatic rings. The Morgan fingerprint density at radius 2 is 2.00 bits per heavy atom. The normalized spacial score (nSPS) is 10.5. The standard InChI is InChI=1S/C17H17N3O/c1-21-17-5-3-2-4-12(17)11-20-15-8-9-19-16-10-13(18)6-7-14(15)16/h2-10H,11,18H2,1H3,(H,19,20). The molecule has 1 heterocycles. The van der Waals surface area contributed by atoms with Crippen molar-refractivity contribution in [1.82, 2.24) is 4.98 Å². The molecule has 0 atom stereocenters. The Balaban J connectivity index is 1.88. The molecule has 0 spiro atoms. The number of fused-ring (bicyclic) bond motifs is 1. The first-order valence-electron chi connectivity index (χ1n) is 6.78. The van der Waals surface area contributed by atoms with E-state index in [0.29, 0.717) is 6.54 Å². The lowest BCUT2D eigenvalue weighted by Crippen LogP contribution is -2.02. The number of hydrogen-bond donors (Lipinski definition) is 2. The summed E-state index contributed by atoms with van der Waals surface area (Å²) in [6.07, 6.45) is 1.78. The summed E-state index contributed by atoms with van der Waals surface area (Å²) in [6, 6.07) is 15.7. The van der Waals surface area contributed by atoms with Gasteiger partial charge in [-0.2, -0.15) is 0 Å². The highest BCUT2D eigenvalue weighted by Crippen LogP contribution is 2.25. The Kier molecular flexibility index (Phi) is 3.60. The Morgan fingerprint density at radius 1 is 1.14 bits per heavy atom. The molecule has 106 valence electrons. The maximum Gasteiger partial charge on any atom is 0.123 e. The van der Waals surface area contributed by atoms with Gasteiger partial charge >= 0.3 is 0 Å². The summed E-state index contributed by atoms with van der Waals surface area (Å²) < 4.78 is 5.37. The number of methoxy groups -OCH3 is 1. The average molecular weight is 279 g/mol. The molecule has 0 aliphatic heterocycles. The van der Waals surface area contributed by atoms with Crippen molar-refractivity contribution in [2.45, 2.75) is 6.54 Å². The molecule has 0 amide bonds. The van der Waals surface area contributed by atoms with Crippen LogP contribution in [0.2, 0.25) is 0 Å². The SMILES string of the molecule is COc1ccccc1CNc1ccnc2cc(N)ccc12. The molecule has 0 bridgehead atoms. The van der Waals surface area contributed by atoms with E-state index in [0.717, 1.165) is 33.6 Å². The third-order valence-corrected chi connectivity index (χ3v) is 3.43. The maximum atomic E-state index is 5.80. The highest BCUT2D eigenvalue weighted by atomic mass is 16.5. The highest BCUT2D eigenvalue weighted by Gasteiger charge is 2.04. The Morgan fingerprint density at radius 3 is 2.86 bits per heavy atom. The number of aromatic nitrogens is 1. The molecule has 4 nitrogen and oxygen atoms in total. The van der Waals surface area contributed by atoms with Crippen LogP contribution in [-0.2, 0) is 6.54 Å². The molecule has 2 aromatic carbocycles. The number of ether oxygens (including phenoxy) is 1. The summed E-state index contributed by atoms with van der Waals surface area (Å²) >= 11 is 0. The van der Waals surface area contributed by atoms with Gasteiger partial charge in [-0.25, -0.2) is 0 Å². The number of para-hydroxylation sites is 1. The summed E-state index contributed by atoms with van der Waals surface area (Å²) in [6.45, 7) is 0.688. The maximum absolute atomic E-state index is 5.80. The first kappa shape index (κ1) is 13.2. The minimum atomic E-state index is 0.688. The Bertz CT molecular complexity index is 771. The number of benzene rings is 2. The van der Waals surface area contributed by atoms with Crippen molar-refractivity contribution in [2.75, 3.05) is 18.2 Å². The van der Waals surface area contributed by atoms with E-state index in [2.05, 4.69) is 10.3 Å². The van der Waals surface area contributed by atoms with E-state index in [1.165, 1.54) is 0 Å². The molecule has 0 unspecified atom stereocenters. The zero-order valence-corrected chi connectivity index (χ0v) is 11.8. The van der Waals surface area contributed by atoms with Crippen LogP contribution >= 0.6 is 0 Å². The first-order valence-corrected chi connectivity index (χ1v) is 6.78. The van der Waals surface area contributed by atoms with Gasteiger partial charge in [-0.3, -0.25) is 4.98 Å². The number of rotatable bonds is 4. The van der Waals surface area contributed by atoms with Crippen LogP contribution in [0.3, 0.4) is 0 Å². The van der Waals surface area contributed by atoms with Crippen LogP contribution < -0.4 is 15.8 Å². The van der Waals surface area contributed by atoms with Gasteiger partial charge in [0.05, 0.1) is 12.6 Å². The molecule has 0 saturated heterocycles. The van der Waals surface area contributed by atoms with Gasteiger partial charge in [0.2, 0.25) is 0 Å². The third-order valence-electron chi connectivity index (χ3n) is 3.43. The smallest absolute Gasteiger partial charge is 0.123 e. The summed E-state index contributed by atoms with van der Waals surface area (Å²) in [7, 11) is 1.68. The van der Waals surface area contributed by atoms with E-state index in [-0.39, 0.29) is 0 Å². The third kappa shape index (κ3) is 2.74. The molecule has 0 aliphatic carbocycles. The lowest BCUT2D eigenvalue weighted by Gasteiger charge is -2.12. The lowest BCUT2D eigenvalue weighted by molar-refractivity contribution is 0.410. The van der Waals surface area contributed by atoms with Crippen LogP contribution in [0.5, 0.6) is 5.75 Å². The minimum Gasteiger partial charge on any atom is -0.496 e. The average Bonchev–Trinajstić information content (AvgIpc) is 2.52. The molecule has 0 radical (unpaired) electrons. The van der Waals surface area contributed by atoms with Crippen molar-refractivity contribution in [3.63, 3.8) is 0 Å². The molecular formula is C17H17N3O. The van der Waals surface area contributed by atoms with Gasteiger partial charge < -0.3 is 15.8 Å². The largest absolute Gasteiger partial charge is 0.496 e. The predicted molar refractivity (Wildman–Crippen MR) is 86.5 cm³/mol. The van der Waals surface area contributed by atoms with E-state index in [1.807, 2.05) is 48.5 Å². The summed E-state index contributed by atoms with van der Waals surface area (Å²) in [4.78, 5) is 4.35. The minimum absolute atomic E-state index is 0.688. The van der Waals surface area contributed by atoms with Crippen LogP contribution in [0.1, 0.15) is 5.56 Å². The quantitative estimate of drug-likeness (QED) is 0.718. The van der Waals surface area contributed by atoms with Crippen LogP contribution in [0.4, 0.5) is 11.4 Å². The molecule has 0 saturated carbocycles. The topological polar surface area (TPSA) is 60.2 Å². The predicted octanol–water partition coefficient (Wildman–Crippen LogP) is 3.44.